The number of aliphatic carboxylic acids is 1. The van der Waals surface area contributed by atoms with E-state index in [0.29, 0.717) is 0 Å². The highest BCUT2D eigenvalue weighted by atomic mass is 16.4. The average molecular weight is 225 g/mol. The van der Waals surface area contributed by atoms with Gasteiger partial charge in [0.15, 0.2) is 0 Å². The van der Waals surface area contributed by atoms with Crippen molar-refractivity contribution in [2.24, 2.45) is 5.41 Å². The van der Waals surface area contributed by atoms with E-state index in [0.717, 1.165) is 38.5 Å². The van der Waals surface area contributed by atoms with Gasteiger partial charge in [0.25, 0.3) is 0 Å². The van der Waals surface area contributed by atoms with Crippen LogP contribution in [0.3, 0.4) is 0 Å². The molecule has 2 rings (SSSR count). The molecule has 0 aromatic carbocycles. The third-order valence-corrected chi connectivity index (χ3v) is 3.78. The maximum atomic E-state index is 12.3. The van der Waals surface area contributed by atoms with Gasteiger partial charge in [0.05, 0.1) is 0 Å². The molecule has 0 aliphatic heterocycles. The third-order valence-electron chi connectivity index (χ3n) is 3.78. The summed E-state index contributed by atoms with van der Waals surface area (Å²) in [5.41, 5.74) is -0.294. The Morgan fingerprint density at radius 2 is 1.88 bits per heavy atom. The molecule has 2 fully saturated rings. The molecule has 0 saturated heterocycles. The van der Waals surface area contributed by atoms with E-state index in [1.807, 2.05) is 6.92 Å². The number of hydrogen-bond donors (Lipinski definition) is 1. The summed E-state index contributed by atoms with van der Waals surface area (Å²) in [6.07, 6.45) is 5.94. The van der Waals surface area contributed by atoms with Gasteiger partial charge in [-0.25, -0.2) is 0 Å². The number of carboxylic acids is 1. The van der Waals surface area contributed by atoms with Crippen molar-refractivity contribution in [3.05, 3.63) is 0 Å². The van der Waals surface area contributed by atoms with Crippen LogP contribution in [0.5, 0.6) is 0 Å². The summed E-state index contributed by atoms with van der Waals surface area (Å²) in [6.45, 7) is 1.86. The topological polar surface area (TPSA) is 57.6 Å². The minimum absolute atomic E-state index is 0.0647. The van der Waals surface area contributed by atoms with Crippen LogP contribution in [0.2, 0.25) is 0 Å². The molecule has 1 N–H and O–H groups in total. The molecule has 0 aromatic rings. The van der Waals surface area contributed by atoms with Gasteiger partial charge in [0, 0.05) is 11.5 Å². The van der Waals surface area contributed by atoms with Crippen molar-refractivity contribution >= 4 is 11.9 Å². The van der Waals surface area contributed by atoms with Crippen molar-refractivity contribution in [3.8, 4) is 0 Å². The normalized spacial score (nSPS) is 23.1. The minimum atomic E-state index is -0.901. The van der Waals surface area contributed by atoms with Gasteiger partial charge in [-0.2, -0.15) is 0 Å². The van der Waals surface area contributed by atoms with E-state index in [4.69, 9.17) is 5.11 Å². The number of rotatable bonds is 4. The number of carboxylic acid groups (broad SMARTS) is 1. The molecule has 0 unspecified atom stereocenters. The monoisotopic (exact) mass is 225 g/mol. The fourth-order valence-electron chi connectivity index (χ4n) is 2.61. The molecule has 2 aliphatic rings. The van der Waals surface area contributed by atoms with Crippen LogP contribution in [-0.4, -0.2) is 34.5 Å². The summed E-state index contributed by atoms with van der Waals surface area (Å²) in [4.78, 5) is 24.7. The van der Waals surface area contributed by atoms with Crippen molar-refractivity contribution < 1.29 is 14.7 Å². The lowest BCUT2D eigenvalue weighted by Gasteiger charge is -2.30. The smallest absolute Gasteiger partial charge is 0.323 e. The second-order valence-corrected chi connectivity index (χ2v) is 5.33. The van der Waals surface area contributed by atoms with Crippen LogP contribution in [0.15, 0.2) is 0 Å². The second-order valence-electron chi connectivity index (χ2n) is 5.33. The van der Waals surface area contributed by atoms with E-state index in [1.165, 1.54) is 0 Å². The molecule has 90 valence electrons. The molecule has 2 aliphatic carbocycles. The zero-order valence-electron chi connectivity index (χ0n) is 9.74. The highest BCUT2D eigenvalue weighted by Gasteiger charge is 2.44. The lowest BCUT2D eigenvalue weighted by molar-refractivity contribution is -0.149. The highest BCUT2D eigenvalue weighted by molar-refractivity contribution is 5.86. The molecule has 4 heteroatoms. The molecule has 4 nitrogen and oxygen atoms in total. The molecule has 2 saturated carbocycles. The van der Waals surface area contributed by atoms with Crippen molar-refractivity contribution in [2.45, 2.75) is 51.5 Å². The van der Waals surface area contributed by atoms with E-state index in [9.17, 15) is 9.59 Å². The summed E-state index contributed by atoms with van der Waals surface area (Å²) < 4.78 is 0. The Hall–Kier alpha value is -1.06. The quantitative estimate of drug-likeness (QED) is 0.791. The number of carbonyl (C=O) groups is 2. The summed E-state index contributed by atoms with van der Waals surface area (Å²) in [7, 11) is 0. The van der Waals surface area contributed by atoms with Gasteiger partial charge in [0.2, 0.25) is 5.91 Å². The Bertz CT molecular complexity index is 303. The van der Waals surface area contributed by atoms with Crippen LogP contribution in [0.4, 0.5) is 0 Å². The van der Waals surface area contributed by atoms with E-state index in [-0.39, 0.29) is 23.9 Å². The van der Waals surface area contributed by atoms with E-state index in [1.54, 1.807) is 4.90 Å². The highest BCUT2D eigenvalue weighted by Crippen LogP contribution is 2.41. The van der Waals surface area contributed by atoms with Crippen LogP contribution >= 0.6 is 0 Å². The summed E-state index contributed by atoms with van der Waals surface area (Å²) in [5.74, 6) is -0.836. The SMILES string of the molecule is CC1(C(=O)N(CC(=O)O)C2CC2)CCCC1. The van der Waals surface area contributed by atoms with Crippen LogP contribution in [0.25, 0.3) is 0 Å². The molecule has 0 atom stereocenters. The van der Waals surface area contributed by atoms with Gasteiger partial charge in [-0.1, -0.05) is 19.8 Å². The van der Waals surface area contributed by atoms with Crippen LogP contribution in [0, 0.1) is 5.41 Å². The summed E-state index contributed by atoms with van der Waals surface area (Å²) in [5, 5.41) is 8.84. The zero-order valence-corrected chi connectivity index (χ0v) is 9.74. The number of hydrogen-bond acceptors (Lipinski definition) is 2. The molecule has 1 amide bonds. The molecule has 0 radical (unpaired) electrons. The lowest BCUT2D eigenvalue weighted by Crippen LogP contribution is -2.45. The van der Waals surface area contributed by atoms with Crippen molar-refractivity contribution in [3.63, 3.8) is 0 Å². The van der Waals surface area contributed by atoms with Gasteiger partial charge in [0.1, 0.15) is 6.54 Å². The first-order valence-corrected chi connectivity index (χ1v) is 6.06. The maximum absolute atomic E-state index is 12.3. The van der Waals surface area contributed by atoms with Crippen molar-refractivity contribution in [1.29, 1.82) is 0 Å². The molecule has 0 bridgehead atoms. The van der Waals surface area contributed by atoms with Gasteiger partial charge in [-0.05, 0) is 25.7 Å². The summed E-state index contributed by atoms with van der Waals surface area (Å²) >= 11 is 0. The fourth-order valence-corrected chi connectivity index (χ4v) is 2.61. The fraction of sp³-hybridized carbons (Fsp3) is 0.833. The average Bonchev–Trinajstić information content (AvgIpc) is 2.97. The molecule has 0 aromatic heterocycles. The van der Waals surface area contributed by atoms with Crippen LogP contribution < -0.4 is 0 Å². The van der Waals surface area contributed by atoms with Gasteiger partial charge < -0.3 is 10.0 Å². The molecular formula is C12H19NO3. The number of nitrogens with zero attached hydrogens (tertiary/aromatic N) is 1. The predicted octanol–water partition coefficient (Wildman–Crippen LogP) is 1.64. The Morgan fingerprint density at radius 3 is 2.31 bits per heavy atom. The summed E-state index contributed by atoms with van der Waals surface area (Å²) in [6, 6.07) is 0.195. The Kier molecular flexibility index (Phi) is 2.91. The van der Waals surface area contributed by atoms with Crippen LogP contribution in [0.1, 0.15) is 45.4 Å². The van der Waals surface area contributed by atoms with Gasteiger partial charge in [-0.15, -0.1) is 0 Å². The number of amides is 1. The molecular weight excluding hydrogens is 206 g/mol. The van der Waals surface area contributed by atoms with E-state index in [2.05, 4.69) is 0 Å². The third kappa shape index (κ3) is 2.20. The van der Waals surface area contributed by atoms with E-state index < -0.39 is 5.97 Å². The minimum Gasteiger partial charge on any atom is -0.480 e. The second kappa shape index (κ2) is 4.07. The van der Waals surface area contributed by atoms with Gasteiger partial charge >= 0.3 is 5.97 Å². The first-order valence-electron chi connectivity index (χ1n) is 6.06. The first kappa shape index (κ1) is 11.4. The molecule has 0 heterocycles. The Labute approximate surface area is 95.6 Å². The number of carbonyl (C=O) groups excluding carboxylic acids is 1. The largest absolute Gasteiger partial charge is 0.480 e. The zero-order chi connectivity index (χ0) is 11.8. The lowest BCUT2D eigenvalue weighted by atomic mass is 9.87. The Morgan fingerprint density at radius 1 is 1.31 bits per heavy atom. The van der Waals surface area contributed by atoms with Gasteiger partial charge in [-0.3, -0.25) is 9.59 Å². The first-order chi connectivity index (χ1) is 7.53. The van der Waals surface area contributed by atoms with Crippen LogP contribution in [-0.2, 0) is 9.59 Å². The van der Waals surface area contributed by atoms with Crippen molar-refractivity contribution in [1.82, 2.24) is 4.90 Å². The van der Waals surface area contributed by atoms with Crippen molar-refractivity contribution in [2.75, 3.05) is 6.54 Å². The predicted molar refractivity (Wildman–Crippen MR) is 58.9 cm³/mol. The van der Waals surface area contributed by atoms with E-state index >= 15 is 0 Å². The molecule has 16 heavy (non-hydrogen) atoms. The molecule has 0 spiro atoms. The maximum Gasteiger partial charge on any atom is 0.323 e. The Balaban J connectivity index is 2.07. The standard InChI is InChI=1S/C12H19NO3/c1-12(6-2-3-7-12)11(16)13(8-10(14)15)9-4-5-9/h9H,2-8H2,1H3,(H,14,15).